The van der Waals surface area contributed by atoms with Crippen LogP contribution in [0.1, 0.15) is 72.1 Å². The molecule has 400 valence electrons. The van der Waals surface area contributed by atoms with E-state index in [4.69, 9.17) is 60.3 Å². The highest BCUT2D eigenvalue weighted by Crippen LogP contribution is 2.20. The predicted molar refractivity (Wildman–Crippen MR) is 247 cm³/mol. The molecule has 0 bridgehead atoms. The lowest BCUT2D eigenvalue weighted by Crippen LogP contribution is -2.54. The average molecular weight is 987 g/mol. The van der Waals surface area contributed by atoms with Gasteiger partial charge in [-0.05, 0) is 50.4 Å². The van der Waals surface area contributed by atoms with Crippen LogP contribution in [0.15, 0.2) is 0 Å². The molecule has 25 heteroatoms. The number of ether oxygens (including phenoxy) is 9. The van der Waals surface area contributed by atoms with E-state index in [1.807, 2.05) is 0 Å². The molecule has 25 nitrogen and oxygen atoms in total. The van der Waals surface area contributed by atoms with Crippen LogP contribution in [-0.2, 0) is 81.1 Å². The van der Waals surface area contributed by atoms with E-state index in [0.717, 1.165) is 12.8 Å². The number of amides is 5. The lowest BCUT2D eigenvalue weighted by Gasteiger charge is -2.27. The molecule has 0 fully saturated rings. The fraction of sp³-hybridized carbons (Fsp3) is 0.884. The van der Waals surface area contributed by atoms with Gasteiger partial charge in [-0.25, -0.2) is 17.7 Å². The summed E-state index contributed by atoms with van der Waals surface area (Å²) in [6.07, 6.45) is 4.25. The summed E-state index contributed by atoms with van der Waals surface area (Å²) in [5.74, 6) is 12.8. The van der Waals surface area contributed by atoms with Crippen LogP contribution >= 0.6 is 0 Å². The molecule has 2 atom stereocenters. The van der Waals surface area contributed by atoms with Gasteiger partial charge in [0, 0.05) is 19.6 Å². The molecule has 0 radical (unpaired) electrons. The Bertz CT molecular complexity index is 1250. The summed E-state index contributed by atoms with van der Waals surface area (Å²) in [6.45, 7) is 12.0. The first kappa shape index (κ1) is 64.8. The number of rotatable bonds is 51. The van der Waals surface area contributed by atoms with Crippen molar-refractivity contribution in [3.05, 3.63) is 0 Å². The summed E-state index contributed by atoms with van der Waals surface area (Å²) in [6, 6.07) is -1.94. The molecule has 0 spiro atoms. The highest BCUT2D eigenvalue weighted by atomic mass is 16.6. The topological polar surface area (TPSA) is 334 Å². The number of hydrogen-bond donors (Lipinski definition) is 8. The molecule has 0 saturated heterocycles. The van der Waals surface area contributed by atoms with E-state index in [9.17, 15) is 24.0 Å². The summed E-state index contributed by atoms with van der Waals surface area (Å²) in [5.41, 5.74) is -0.172. The standard InChI is InChI=1S/C43H86N8O17/c1-4-11-43(2,3)35-49-41(55)36(9-5-7-12-47-38(52)32-63-23-20-57-14-17-60-26-29-66-44)51-42(56)37(50-40(54)34-65-25-22-59-16-19-62-28-31-68-46)10-6-8-13-48-39(53)33-64-24-21-58-15-18-61-27-30-67-45/h36-37H,4-35,44-46H2,1-3H3,(H,47,52)(H,48,53)(H,49,55)(H,50,54)(H,51,56). The SMILES string of the molecule is CCCC(C)(C)CNC(=O)C(CCCCNC(=O)COCCOCCOCCON)NC(=O)C(CCCCNC(=O)COCCOCCOCCON)NC(=O)COCCOCCOCCON. The summed E-state index contributed by atoms with van der Waals surface area (Å²) < 4.78 is 48.2. The largest absolute Gasteiger partial charge is 0.377 e. The van der Waals surface area contributed by atoms with E-state index in [1.54, 1.807) is 0 Å². The van der Waals surface area contributed by atoms with Gasteiger partial charge in [0.15, 0.2) is 0 Å². The molecule has 0 rings (SSSR count). The van der Waals surface area contributed by atoms with Crippen molar-refractivity contribution in [3.63, 3.8) is 0 Å². The zero-order valence-corrected chi connectivity index (χ0v) is 41.0. The van der Waals surface area contributed by atoms with Crippen LogP contribution in [0.5, 0.6) is 0 Å². The van der Waals surface area contributed by atoms with E-state index in [2.05, 4.69) is 61.9 Å². The minimum Gasteiger partial charge on any atom is -0.377 e. The van der Waals surface area contributed by atoms with Crippen molar-refractivity contribution in [2.75, 3.05) is 158 Å². The van der Waals surface area contributed by atoms with Gasteiger partial charge in [0.05, 0.1) is 119 Å². The van der Waals surface area contributed by atoms with E-state index in [-0.39, 0.29) is 102 Å². The molecule has 11 N–H and O–H groups in total. The van der Waals surface area contributed by atoms with Gasteiger partial charge in [0.2, 0.25) is 29.5 Å². The molecule has 0 saturated carbocycles. The third-order valence-electron chi connectivity index (χ3n) is 9.40. The van der Waals surface area contributed by atoms with E-state index in [0.29, 0.717) is 118 Å². The van der Waals surface area contributed by atoms with Crippen LogP contribution in [-0.4, -0.2) is 200 Å². The maximum absolute atomic E-state index is 13.9. The number of nitrogens with two attached hydrogens (primary N) is 3. The summed E-state index contributed by atoms with van der Waals surface area (Å²) in [4.78, 5) is 78.5. The Morgan fingerprint density at radius 3 is 1.13 bits per heavy atom. The Balaban J connectivity index is 5.25. The maximum atomic E-state index is 13.9. The minimum atomic E-state index is -1.02. The van der Waals surface area contributed by atoms with Crippen molar-refractivity contribution in [1.82, 2.24) is 26.6 Å². The molecule has 2 unspecified atom stereocenters. The van der Waals surface area contributed by atoms with E-state index >= 15 is 0 Å². The first-order chi connectivity index (χ1) is 33.0. The van der Waals surface area contributed by atoms with Crippen LogP contribution in [0.3, 0.4) is 0 Å². The van der Waals surface area contributed by atoms with Gasteiger partial charge in [0.25, 0.3) is 0 Å². The molecule has 5 amide bonds. The number of nitrogens with one attached hydrogen (secondary N) is 5. The third-order valence-corrected chi connectivity index (χ3v) is 9.40. The smallest absolute Gasteiger partial charge is 0.246 e. The fourth-order valence-corrected chi connectivity index (χ4v) is 5.90. The third kappa shape index (κ3) is 42.8. The number of carbonyl (C=O) groups is 5. The highest BCUT2D eigenvalue weighted by Gasteiger charge is 2.28. The van der Waals surface area contributed by atoms with Crippen LogP contribution in [0.25, 0.3) is 0 Å². The Morgan fingerprint density at radius 2 is 0.765 bits per heavy atom. The fourth-order valence-electron chi connectivity index (χ4n) is 5.90. The number of unbranched alkanes of at least 4 members (excludes halogenated alkanes) is 2. The van der Waals surface area contributed by atoms with Gasteiger partial charge in [-0.1, -0.05) is 27.2 Å². The zero-order valence-electron chi connectivity index (χ0n) is 41.0. The summed E-state index contributed by atoms with van der Waals surface area (Å²) in [5, 5.41) is 14.2. The molecule has 0 aliphatic carbocycles. The first-order valence-electron chi connectivity index (χ1n) is 23.5. The van der Waals surface area contributed by atoms with Crippen molar-refractivity contribution in [1.29, 1.82) is 0 Å². The second-order valence-corrected chi connectivity index (χ2v) is 15.9. The normalized spacial score (nSPS) is 12.4. The van der Waals surface area contributed by atoms with Gasteiger partial charge in [-0.15, -0.1) is 0 Å². The molecule has 0 aliphatic heterocycles. The first-order valence-corrected chi connectivity index (χ1v) is 23.5. The molecular weight excluding hydrogens is 901 g/mol. The van der Waals surface area contributed by atoms with E-state index in [1.165, 1.54) is 0 Å². The van der Waals surface area contributed by atoms with Gasteiger partial charge >= 0.3 is 0 Å². The lowest BCUT2D eigenvalue weighted by molar-refractivity contribution is -0.134. The summed E-state index contributed by atoms with van der Waals surface area (Å²) >= 11 is 0. The number of carbonyl (C=O) groups excluding carboxylic acids is 5. The van der Waals surface area contributed by atoms with Gasteiger partial charge < -0.3 is 83.7 Å². The Morgan fingerprint density at radius 1 is 0.426 bits per heavy atom. The second-order valence-electron chi connectivity index (χ2n) is 15.9. The molecule has 0 aliphatic rings. The monoisotopic (exact) mass is 987 g/mol. The molecular formula is C43H86N8O17. The van der Waals surface area contributed by atoms with Crippen molar-refractivity contribution < 1.29 is 81.1 Å². The summed E-state index contributed by atoms with van der Waals surface area (Å²) in [7, 11) is 0. The van der Waals surface area contributed by atoms with Gasteiger partial charge in [-0.2, -0.15) is 0 Å². The minimum absolute atomic E-state index is 0.121. The Kier molecular flexibility index (Phi) is 45.2. The van der Waals surface area contributed by atoms with Crippen LogP contribution < -0.4 is 44.3 Å². The van der Waals surface area contributed by atoms with Crippen LogP contribution in [0.4, 0.5) is 0 Å². The maximum Gasteiger partial charge on any atom is 0.246 e. The molecule has 0 aromatic rings. The van der Waals surface area contributed by atoms with Crippen molar-refractivity contribution in [3.8, 4) is 0 Å². The Hall–Kier alpha value is -3.25. The van der Waals surface area contributed by atoms with Crippen LogP contribution in [0, 0.1) is 5.41 Å². The quantitative estimate of drug-likeness (QED) is 0.0249. The lowest BCUT2D eigenvalue weighted by atomic mass is 9.88. The van der Waals surface area contributed by atoms with Crippen LogP contribution in [0.2, 0.25) is 0 Å². The average Bonchev–Trinajstić information content (AvgIpc) is 3.31. The van der Waals surface area contributed by atoms with Crippen molar-refractivity contribution >= 4 is 29.5 Å². The second kappa shape index (κ2) is 47.4. The zero-order chi connectivity index (χ0) is 50.2. The van der Waals surface area contributed by atoms with Gasteiger partial charge in [0.1, 0.15) is 31.9 Å². The predicted octanol–water partition coefficient (Wildman–Crippen LogP) is -1.71. The van der Waals surface area contributed by atoms with Crippen molar-refractivity contribution in [2.45, 2.75) is 84.2 Å². The van der Waals surface area contributed by atoms with E-state index < -0.39 is 23.9 Å². The molecule has 0 heterocycles. The van der Waals surface area contributed by atoms with Crippen molar-refractivity contribution in [2.24, 2.45) is 23.1 Å². The highest BCUT2D eigenvalue weighted by molar-refractivity contribution is 5.92. The number of hydrogen-bond acceptors (Lipinski definition) is 20. The van der Waals surface area contributed by atoms with Gasteiger partial charge in [-0.3, -0.25) is 24.0 Å². The molecule has 0 aromatic carbocycles. The molecule has 68 heavy (non-hydrogen) atoms. The molecule has 0 aromatic heterocycles. The Labute approximate surface area is 402 Å².